The summed E-state index contributed by atoms with van der Waals surface area (Å²) in [5.74, 6) is 0.459. The van der Waals surface area contributed by atoms with E-state index in [-0.39, 0.29) is 0 Å². The molecule has 1 nitrogen and oxygen atoms in total. The molecule has 0 unspecified atom stereocenters. The monoisotopic (exact) mass is 136 g/mol. The number of carbonyl (C=O) groups is 1. The van der Waals surface area contributed by atoms with Crippen LogP contribution in [0.4, 0.5) is 0 Å². The van der Waals surface area contributed by atoms with E-state index in [2.05, 4.69) is 0 Å². The summed E-state index contributed by atoms with van der Waals surface area (Å²) in [5, 5.41) is 0. The minimum atomic E-state index is 0.459. The molecule has 0 radical (unpaired) electrons. The zero-order chi connectivity index (χ0) is 6.97. The van der Waals surface area contributed by atoms with Gasteiger partial charge in [-0.1, -0.05) is 11.1 Å². The molecule has 0 saturated carbocycles. The summed E-state index contributed by atoms with van der Waals surface area (Å²) in [7, 11) is 0. The lowest BCUT2D eigenvalue weighted by Gasteiger charge is -2.11. The van der Waals surface area contributed by atoms with E-state index < -0.39 is 0 Å². The van der Waals surface area contributed by atoms with Crippen LogP contribution in [0.25, 0.3) is 0 Å². The molecule has 0 saturated heterocycles. The Morgan fingerprint density at radius 1 is 0.900 bits per heavy atom. The topological polar surface area (TPSA) is 17.1 Å². The Hall–Kier alpha value is -0.590. The first kappa shape index (κ1) is 6.14. The maximum absolute atomic E-state index is 11.0. The molecule has 0 aliphatic heterocycles. The highest BCUT2D eigenvalue weighted by Crippen LogP contribution is 2.35. The molecule has 0 amide bonds. The van der Waals surface area contributed by atoms with Gasteiger partial charge in [-0.15, -0.1) is 0 Å². The summed E-state index contributed by atoms with van der Waals surface area (Å²) in [4.78, 5) is 11.0. The predicted octanol–water partition coefficient (Wildman–Crippen LogP) is 2.22. The largest absolute Gasteiger partial charge is 0.299 e. The van der Waals surface area contributed by atoms with Crippen molar-refractivity contribution in [2.45, 2.75) is 38.5 Å². The van der Waals surface area contributed by atoms with Crippen LogP contribution >= 0.6 is 0 Å². The van der Waals surface area contributed by atoms with Gasteiger partial charge in [-0.3, -0.25) is 4.79 Å². The molecule has 0 N–H and O–H groups in total. The molecule has 0 aromatic heterocycles. The fraction of sp³-hybridized carbons (Fsp3) is 0.667. The van der Waals surface area contributed by atoms with E-state index in [1.54, 1.807) is 5.57 Å². The predicted molar refractivity (Wildman–Crippen MR) is 39.7 cm³/mol. The van der Waals surface area contributed by atoms with E-state index >= 15 is 0 Å². The van der Waals surface area contributed by atoms with Crippen LogP contribution in [0.15, 0.2) is 11.1 Å². The van der Waals surface area contributed by atoms with Crippen molar-refractivity contribution in [3.05, 3.63) is 11.1 Å². The van der Waals surface area contributed by atoms with Crippen molar-refractivity contribution in [1.29, 1.82) is 0 Å². The van der Waals surface area contributed by atoms with E-state index in [1.165, 1.54) is 24.8 Å². The molecule has 0 spiro atoms. The van der Waals surface area contributed by atoms with Gasteiger partial charge in [0.05, 0.1) is 0 Å². The Morgan fingerprint density at radius 2 is 1.70 bits per heavy atom. The van der Waals surface area contributed by atoms with E-state index in [4.69, 9.17) is 0 Å². The molecule has 10 heavy (non-hydrogen) atoms. The quantitative estimate of drug-likeness (QED) is 0.467. The second kappa shape index (κ2) is 2.22. The standard InChI is InChI=1S/C9H12O/c10-9-5-4-7-2-1-3-8(7)6-9/h1-6H2. The van der Waals surface area contributed by atoms with Gasteiger partial charge >= 0.3 is 0 Å². The normalized spacial score (nSPS) is 25.4. The van der Waals surface area contributed by atoms with Crippen molar-refractivity contribution in [3.8, 4) is 0 Å². The maximum atomic E-state index is 11.0. The van der Waals surface area contributed by atoms with Crippen molar-refractivity contribution in [1.82, 2.24) is 0 Å². The van der Waals surface area contributed by atoms with Crippen LogP contribution in [-0.4, -0.2) is 5.78 Å². The van der Waals surface area contributed by atoms with Crippen LogP contribution in [-0.2, 0) is 4.79 Å². The number of carbonyl (C=O) groups excluding carboxylic acids is 1. The molecule has 54 valence electrons. The van der Waals surface area contributed by atoms with Gasteiger partial charge in [0.25, 0.3) is 0 Å². The molecule has 0 aromatic carbocycles. The highest BCUT2D eigenvalue weighted by Gasteiger charge is 2.21. The van der Waals surface area contributed by atoms with Crippen molar-refractivity contribution >= 4 is 5.78 Å². The van der Waals surface area contributed by atoms with Crippen LogP contribution in [0.5, 0.6) is 0 Å². The molecule has 0 aromatic rings. The summed E-state index contributed by atoms with van der Waals surface area (Å²) in [5.41, 5.74) is 3.09. The van der Waals surface area contributed by atoms with Crippen molar-refractivity contribution in [3.63, 3.8) is 0 Å². The Bertz CT molecular complexity index is 201. The molecule has 0 atom stereocenters. The van der Waals surface area contributed by atoms with Crippen molar-refractivity contribution < 1.29 is 4.79 Å². The zero-order valence-corrected chi connectivity index (χ0v) is 6.15. The van der Waals surface area contributed by atoms with E-state index in [1.807, 2.05) is 0 Å². The fourth-order valence-corrected chi connectivity index (χ4v) is 2.00. The molecule has 1 heteroatoms. The second-order valence-electron chi connectivity index (χ2n) is 3.28. The van der Waals surface area contributed by atoms with Crippen LogP contribution < -0.4 is 0 Å². The van der Waals surface area contributed by atoms with Crippen LogP contribution in [0, 0.1) is 0 Å². The number of hydrogen-bond acceptors (Lipinski definition) is 1. The summed E-state index contributed by atoms with van der Waals surface area (Å²) in [6, 6.07) is 0. The molecular weight excluding hydrogens is 124 g/mol. The first-order chi connectivity index (χ1) is 4.86. The lowest BCUT2D eigenvalue weighted by atomic mass is 9.93. The Kier molecular flexibility index (Phi) is 1.37. The van der Waals surface area contributed by atoms with Crippen molar-refractivity contribution in [2.75, 3.05) is 0 Å². The van der Waals surface area contributed by atoms with Gasteiger partial charge in [-0.25, -0.2) is 0 Å². The number of ketones is 1. The zero-order valence-electron chi connectivity index (χ0n) is 6.15. The molecule has 0 fully saturated rings. The first-order valence-electron chi connectivity index (χ1n) is 4.08. The van der Waals surface area contributed by atoms with Gasteiger partial charge in [0.15, 0.2) is 0 Å². The van der Waals surface area contributed by atoms with E-state index in [0.29, 0.717) is 5.78 Å². The summed E-state index contributed by atoms with van der Waals surface area (Å²) in [6.45, 7) is 0. The average molecular weight is 136 g/mol. The maximum Gasteiger partial charge on any atom is 0.137 e. The highest BCUT2D eigenvalue weighted by atomic mass is 16.1. The molecular formula is C9H12O. The number of rotatable bonds is 0. The third-order valence-corrected chi connectivity index (χ3v) is 2.57. The summed E-state index contributed by atoms with van der Waals surface area (Å²) < 4.78 is 0. The van der Waals surface area contributed by atoms with E-state index in [0.717, 1.165) is 19.3 Å². The van der Waals surface area contributed by atoms with Gasteiger partial charge in [0.1, 0.15) is 5.78 Å². The number of Topliss-reactive ketones (excluding diaryl/α,β-unsaturated/α-hetero) is 1. The van der Waals surface area contributed by atoms with E-state index in [9.17, 15) is 4.79 Å². The number of allylic oxidation sites excluding steroid dienone is 2. The number of hydrogen-bond donors (Lipinski definition) is 0. The molecule has 2 aliphatic carbocycles. The lowest BCUT2D eigenvalue weighted by Crippen LogP contribution is -2.05. The Labute approximate surface area is 61.1 Å². The second-order valence-corrected chi connectivity index (χ2v) is 3.28. The Balaban J connectivity index is 2.21. The average Bonchev–Trinajstić information content (AvgIpc) is 2.33. The Morgan fingerprint density at radius 3 is 2.60 bits per heavy atom. The SMILES string of the molecule is O=C1CCC2=C(CCC2)C1. The van der Waals surface area contributed by atoms with Crippen LogP contribution in [0.2, 0.25) is 0 Å². The van der Waals surface area contributed by atoms with Gasteiger partial charge < -0.3 is 0 Å². The van der Waals surface area contributed by atoms with Gasteiger partial charge in [0.2, 0.25) is 0 Å². The smallest absolute Gasteiger partial charge is 0.137 e. The first-order valence-corrected chi connectivity index (χ1v) is 4.08. The minimum absolute atomic E-state index is 0.459. The third kappa shape index (κ3) is 0.898. The van der Waals surface area contributed by atoms with Crippen molar-refractivity contribution in [2.24, 2.45) is 0 Å². The minimum Gasteiger partial charge on any atom is -0.299 e. The summed E-state index contributed by atoms with van der Waals surface area (Å²) >= 11 is 0. The molecule has 2 rings (SSSR count). The van der Waals surface area contributed by atoms with Gasteiger partial charge in [0, 0.05) is 12.8 Å². The van der Waals surface area contributed by atoms with Gasteiger partial charge in [-0.2, -0.15) is 0 Å². The fourth-order valence-electron chi connectivity index (χ4n) is 2.00. The van der Waals surface area contributed by atoms with Crippen LogP contribution in [0.3, 0.4) is 0 Å². The van der Waals surface area contributed by atoms with Crippen LogP contribution in [0.1, 0.15) is 38.5 Å². The molecule has 2 aliphatic rings. The summed E-state index contributed by atoms with van der Waals surface area (Å²) in [6.07, 6.45) is 6.48. The van der Waals surface area contributed by atoms with Gasteiger partial charge in [-0.05, 0) is 25.7 Å². The third-order valence-electron chi connectivity index (χ3n) is 2.57. The molecule has 0 heterocycles. The molecule has 0 bridgehead atoms. The highest BCUT2D eigenvalue weighted by molar-refractivity contribution is 5.82. The lowest BCUT2D eigenvalue weighted by molar-refractivity contribution is -0.118.